The van der Waals surface area contributed by atoms with Gasteiger partial charge in [-0.3, -0.25) is 9.79 Å². The first-order valence-electron chi connectivity index (χ1n) is 5.80. The zero-order chi connectivity index (χ0) is 11.8. The molecule has 1 atom stereocenters. The molecule has 1 heterocycles. The molecule has 0 bridgehead atoms. The molecule has 1 rings (SSSR count). The number of rotatable bonds is 5. The Morgan fingerprint density at radius 2 is 2.38 bits per heavy atom. The second-order valence-corrected chi connectivity index (χ2v) is 3.94. The van der Waals surface area contributed by atoms with Crippen LogP contribution in [0.4, 0.5) is 0 Å². The van der Waals surface area contributed by atoms with E-state index in [1.807, 2.05) is 6.92 Å². The highest BCUT2D eigenvalue weighted by Gasteiger charge is 2.14. The molecular weight excluding hydrogens is 206 g/mol. The maximum absolute atomic E-state index is 11.6. The topological polar surface area (TPSA) is 62.7 Å². The number of carbonyl (C=O) groups is 1. The molecule has 1 amide bonds. The molecule has 1 aliphatic heterocycles. The van der Waals surface area contributed by atoms with E-state index in [1.54, 1.807) is 7.11 Å². The van der Waals surface area contributed by atoms with E-state index in [4.69, 9.17) is 4.74 Å². The molecular formula is C11H21N3O2. The van der Waals surface area contributed by atoms with Gasteiger partial charge in [-0.1, -0.05) is 0 Å². The Kier molecular flexibility index (Phi) is 5.85. The summed E-state index contributed by atoms with van der Waals surface area (Å²) in [4.78, 5) is 16.0. The second-order valence-electron chi connectivity index (χ2n) is 3.94. The Morgan fingerprint density at radius 3 is 3.00 bits per heavy atom. The fourth-order valence-corrected chi connectivity index (χ4v) is 1.56. The summed E-state index contributed by atoms with van der Waals surface area (Å²) in [7, 11) is 1.62. The van der Waals surface area contributed by atoms with Crippen molar-refractivity contribution in [2.45, 2.75) is 32.2 Å². The quantitative estimate of drug-likeness (QED) is 0.664. The number of hydrogen-bond acceptors (Lipinski definition) is 4. The summed E-state index contributed by atoms with van der Waals surface area (Å²) >= 11 is 0. The van der Waals surface area contributed by atoms with Gasteiger partial charge in [0, 0.05) is 26.6 Å². The van der Waals surface area contributed by atoms with Gasteiger partial charge in [0.2, 0.25) is 5.91 Å². The molecule has 0 aromatic heterocycles. The van der Waals surface area contributed by atoms with Gasteiger partial charge in [-0.15, -0.1) is 0 Å². The Labute approximate surface area is 96.7 Å². The van der Waals surface area contributed by atoms with Gasteiger partial charge in [-0.05, 0) is 19.8 Å². The summed E-state index contributed by atoms with van der Waals surface area (Å²) in [6.07, 6.45) is 3.26. The van der Waals surface area contributed by atoms with Crippen molar-refractivity contribution in [1.29, 1.82) is 0 Å². The van der Waals surface area contributed by atoms with Crippen LogP contribution in [-0.4, -0.2) is 44.6 Å². The first-order chi connectivity index (χ1) is 7.74. The number of methoxy groups -OCH3 is 1. The summed E-state index contributed by atoms with van der Waals surface area (Å²) in [5, 5.41) is 5.93. The molecule has 0 saturated carbocycles. The molecule has 5 nitrogen and oxygen atoms in total. The fraction of sp³-hybridized carbons (Fsp3) is 0.818. The first kappa shape index (κ1) is 13.0. The predicted octanol–water partition coefficient (Wildman–Crippen LogP) is 0.309. The van der Waals surface area contributed by atoms with Gasteiger partial charge in [0.15, 0.2) is 0 Å². The third-order valence-corrected chi connectivity index (χ3v) is 2.51. The van der Waals surface area contributed by atoms with E-state index in [0.717, 1.165) is 31.6 Å². The molecule has 2 N–H and O–H groups in total. The molecule has 1 aliphatic rings. The SMILES string of the molecule is COCCNC(=O)C(C)NC1=NCCCC1. The van der Waals surface area contributed by atoms with Crippen LogP contribution in [0.1, 0.15) is 26.2 Å². The van der Waals surface area contributed by atoms with E-state index < -0.39 is 0 Å². The Bertz CT molecular complexity index is 254. The van der Waals surface area contributed by atoms with Crippen LogP contribution in [0.25, 0.3) is 0 Å². The number of nitrogens with zero attached hydrogens (tertiary/aromatic N) is 1. The molecule has 92 valence electrons. The zero-order valence-electron chi connectivity index (χ0n) is 10.1. The van der Waals surface area contributed by atoms with Crippen LogP contribution >= 0.6 is 0 Å². The number of amidine groups is 1. The first-order valence-corrected chi connectivity index (χ1v) is 5.80. The lowest BCUT2D eigenvalue weighted by atomic mass is 10.1. The van der Waals surface area contributed by atoms with E-state index in [-0.39, 0.29) is 11.9 Å². The molecule has 16 heavy (non-hydrogen) atoms. The number of carbonyl (C=O) groups excluding carboxylic acids is 1. The van der Waals surface area contributed by atoms with Crippen molar-refractivity contribution in [3.8, 4) is 0 Å². The third kappa shape index (κ3) is 4.61. The van der Waals surface area contributed by atoms with Crippen LogP contribution in [0.2, 0.25) is 0 Å². The molecule has 0 saturated heterocycles. The van der Waals surface area contributed by atoms with Crippen LogP contribution in [0.5, 0.6) is 0 Å². The Morgan fingerprint density at radius 1 is 1.56 bits per heavy atom. The van der Waals surface area contributed by atoms with Crippen molar-refractivity contribution in [2.75, 3.05) is 26.8 Å². The highest BCUT2D eigenvalue weighted by molar-refractivity contribution is 5.89. The van der Waals surface area contributed by atoms with Gasteiger partial charge in [0.05, 0.1) is 12.4 Å². The summed E-state index contributed by atoms with van der Waals surface area (Å²) in [6, 6.07) is -0.228. The minimum atomic E-state index is -0.228. The van der Waals surface area contributed by atoms with Crippen molar-refractivity contribution in [2.24, 2.45) is 4.99 Å². The van der Waals surface area contributed by atoms with Gasteiger partial charge >= 0.3 is 0 Å². The van der Waals surface area contributed by atoms with Crippen LogP contribution in [-0.2, 0) is 9.53 Å². The summed E-state index contributed by atoms with van der Waals surface area (Å²) in [6.45, 7) is 3.81. The molecule has 0 aliphatic carbocycles. The molecule has 1 unspecified atom stereocenters. The normalized spacial score (nSPS) is 17.5. The second kappa shape index (κ2) is 7.22. The van der Waals surface area contributed by atoms with E-state index >= 15 is 0 Å². The van der Waals surface area contributed by atoms with Crippen LogP contribution in [0.3, 0.4) is 0 Å². The van der Waals surface area contributed by atoms with Gasteiger partial charge < -0.3 is 15.4 Å². The smallest absolute Gasteiger partial charge is 0.242 e. The van der Waals surface area contributed by atoms with E-state index in [0.29, 0.717) is 13.2 Å². The molecule has 0 aromatic rings. The zero-order valence-corrected chi connectivity index (χ0v) is 10.1. The lowest BCUT2D eigenvalue weighted by Gasteiger charge is -2.19. The lowest BCUT2D eigenvalue weighted by Crippen LogP contribution is -2.46. The van der Waals surface area contributed by atoms with Crippen LogP contribution in [0.15, 0.2) is 4.99 Å². The summed E-state index contributed by atoms with van der Waals surface area (Å²) in [5.74, 6) is 0.950. The van der Waals surface area contributed by atoms with E-state index in [1.165, 1.54) is 0 Å². The van der Waals surface area contributed by atoms with Gasteiger partial charge in [-0.25, -0.2) is 0 Å². The molecule has 0 radical (unpaired) electrons. The van der Waals surface area contributed by atoms with Gasteiger partial charge in [0.25, 0.3) is 0 Å². The number of aliphatic imine (C=N–C) groups is 1. The summed E-state index contributed by atoms with van der Waals surface area (Å²) in [5.41, 5.74) is 0. The van der Waals surface area contributed by atoms with Crippen LogP contribution < -0.4 is 10.6 Å². The fourth-order valence-electron chi connectivity index (χ4n) is 1.56. The van der Waals surface area contributed by atoms with Crippen LogP contribution in [0, 0.1) is 0 Å². The van der Waals surface area contributed by atoms with Gasteiger partial charge in [0.1, 0.15) is 6.04 Å². The summed E-state index contributed by atoms with van der Waals surface area (Å²) < 4.78 is 4.86. The number of nitrogens with one attached hydrogen (secondary N) is 2. The van der Waals surface area contributed by atoms with E-state index in [2.05, 4.69) is 15.6 Å². The largest absolute Gasteiger partial charge is 0.383 e. The number of amides is 1. The standard InChI is InChI=1S/C11H21N3O2/c1-9(11(15)13-7-8-16-2)14-10-5-3-4-6-12-10/h9H,3-8H2,1-2H3,(H,12,14)(H,13,15). The lowest BCUT2D eigenvalue weighted by molar-refractivity contribution is -0.122. The Hall–Kier alpha value is -1.10. The third-order valence-electron chi connectivity index (χ3n) is 2.51. The molecule has 0 spiro atoms. The maximum atomic E-state index is 11.6. The van der Waals surface area contributed by atoms with E-state index in [9.17, 15) is 4.79 Å². The van der Waals surface area contributed by atoms with Crippen molar-refractivity contribution >= 4 is 11.7 Å². The highest BCUT2D eigenvalue weighted by Crippen LogP contribution is 2.04. The predicted molar refractivity (Wildman–Crippen MR) is 63.6 cm³/mol. The van der Waals surface area contributed by atoms with Crippen molar-refractivity contribution < 1.29 is 9.53 Å². The molecule has 0 fully saturated rings. The highest BCUT2D eigenvalue weighted by atomic mass is 16.5. The Balaban J connectivity index is 2.24. The number of ether oxygens (including phenoxy) is 1. The maximum Gasteiger partial charge on any atom is 0.242 e. The molecule has 0 aromatic carbocycles. The van der Waals surface area contributed by atoms with Gasteiger partial charge in [-0.2, -0.15) is 0 Å². The number of hydrogen-bond donors (Lipinski definition) is 2. The molecule has 5 heteroatoms. The minimum absolute atomic E-state index is 0.00896. The average Bonchev–Trinajstić information content (AvgIpc) is 2.30. The average molecular weight is 227 g/mol. The monoisotopic (exact) mass is 227 g/mol. The van der Waals surface area contributed by atoms with Crippen molar-refractivity contribution in [3.05, 3.63) is 0 Å². The van der Waals surface area contributed by atoms with Crippen molar-refractivity contribution in [3.63, 3.8) is 0 Å². The minimum Gasteiger partial charge on any atom is -0.383 e. The van der Waals surface area contributed by atoms with Crippen molar-refractivity contribution in [1.82, 2.24) is 10.6 Å².